The van der Waals surface area contributed by atoms with E-state index in [1.165, 1.54) is 6.07 Å². The predicted octanol–water partition coefficient (Wildman–Crippen LogP) is 3.71. The van der Waals surface area contributed by atoms with Gasteiger partial charge in [-0.1, -0.05) is 24.3 Å². The van der Waals surface area contributed by atoms with Crippen molar-refractivity contribution < 1.29 is 27.9 Å². The number of hydrogen-bond acceptors (Lipinski definition) is 7. The molecule has 12 heteroatoms. The number of benzene rings is 2. The summed E-state index contributed by atoms with van der Waals surface area (Å²) in [6, 6.07) is 12.0. The van der Waals surface area contributed by atoms with Gasteiger partial charge in [-0.3, -0.25) is 10.2 Å². The van der Waals surface area contributed by atoms with Gasteiger partial charge in [0.25, 0.3) is 0 Å². The van der Waals surface area contributed by atoms with Crippen molar-refractivity contribution in [3.05, 3.63) is 71.3 Å². The molecular formula is C28H34F2N6O4. The average Bonchev–Trinajstić information content (AvgIpc) is 3.50. The third-order valence-electron chi connectivity index (χ3n) is 7.04. The first-order valence-electron chi connectivity index (χ1n) is 13.4. The van der Waals surface area contributed by atoms with Crippen molar-refractivity contribution in [3.63, 3.8) is 0 Å². The predicted molar refractivity (Wildman–Crippen MR) is 144 cm³/mol. The zero-order valence-electron chi connectivity index (χ0n) is 22.5. The van der Waals surface area contributed by atoms with Crippen LogP contribution in [0.5, 0.6) is 5.88 Å². The van der Waals surface area contributed by atoms with Crippen LogP contribution in [0.4, 0.5) is 19.4 Å². The van der Waals surface area contributed by atoms with Gasteiger partial charge in [0.15, 0.2) is 11.6 Å². The normalized spacial score (nSPS) is 20.0. The van der Waals surface area contributed by atoms with Crippen molar-refractivity contribution in [3.8, 4) is 11.6 Å². The zero-order chi connectivity index (χ0) is 28.1. The van der Waals surface area contributed by atoms with E-state index < -0.39 is 29.8 Å². The summed E-state index contributed by atoms with van der Waals surface area (Å²) in [4.78, 5) is 19.4. The summed E-state index contributed by atoms with van der Waals surface area (Å²) in [6.07, 6.45) is 1.05. The lowest BCUT2D eigenvalue weighted by Gasteiger charge is -2.22. The molecule has 2 saturated heterocycles. The summed E-state index contributed by atoms with van der Waals surface area (Å²) >= 11 is 0. The van der Waals surface area contributed by atoms with Gasteiger partial charge in [-0.2, -0.15) is 5.06 Å². The fourth-order valence-corrected chi connectivity index (χ4v) is 4.91. The number of amides is 2. The van der Waals surface area contributed by atoms with E-state index in [9.17, 15) is 13.6 Å². The molecule has 40 heavy (non-hydrogen) atoms. The fraction of sp³-hybridized carbons (Fsp3) is 0.429. The molecular weight excluding hydrogens is 522 g/mol. The smallest absolute Gasteiger partial charge is 0.320 e. The molecule has 3 heterocycles. The fourth-order valence-electron chi connectivity index (χ4n) is 4.91. The number of nitrogens with zero attached hydrogens (tertiary/aromatic N) is 3. The highest BCUT2D eigenvalue weighted by Gasteiger charge is 2.37. The quantitative estimate of drug-likeness (QED) is 0.369. The van der Waals surface area contributed by atoms with Gasteiger partial charge in [-0.05, 0) is 62.7 Å². The largest absolute Gasteiger partial charge is 0.473 e. The van der Waals surface area contributed by atoms with Crippen molar-refractivity contribution in [1.82, 2.24) is 25.5 Å². The maximum atomic E-state index is 14.0. The van der Waals surface area contributed by atoms with Crippen LogP contribution in [0.15, 0.2) is 48.5 Å². The van der Waals surface area contributed by atoms with Crippen molar-refractivity contribution in [2.75, 3.05) is 45.2 Å². The Morgan fingerprint density at radius 3 is 2.65 bits per heavy atom. The molecule has 1 aromatic heterocycles. The van der Waals surface area contributed by atoms with E-state index in [0.29, 0.717) is 42.5 Å². The lowest BCUT2D eigenvalue weighted by molar-refractivity contribution is -0.154. The minimum absolute atomic E-state index is 0.0336. The molecule has 0 unspecified atom stereocenters. The summed E-state index contributed by atoms with van der Waals surface area (Å²) in [5.74, 6) is -1.01. The number of anilines is 1. The van der Waals surface area contributed by atoms with E-state index in [2.05, 4.69) is 16.0 Å². The second-order valence-corrected chi connectivity index (χ2v) is 9.88. The van der Waals surface area contributed by atoms with Crippen LogP contribution < -0.4 is 20.7 Å². The van der Waals surface area contributed by atoms with E-state index >= 15 is 0 Å². The molecule has 0 aliphatic carbocycles. The number of rotatable bonds is 9. The first-order valence-corrected chi connectivity index (χ1v) is 13.4. The third-order valence-corrected chi connectivity index (χ3v) is 7.04. The SMILES string of the molecule is COCCN1C[C@@H](NC(=O)Nc2c(C)c(OC3CCNCC3)nn2-c2ccccc2)[C@H](c2ccc(F)c(F)c2)O1. The maximum absolute atomic E-state index is 14.0. The summed E-state index contributed by atoms with van der Waals surface area (Å²) in [5, 5.41) is 15.5. The molecule has 2 amide bonds. The topological polar surface area (TPSA) is 102 Å². The van der Waals surface area contributed by atoms with Gasteiger partial charge in [0, 0.05) is 20.2 Å². The number of methoxy groups -OCH3 is 1. The van der Waals surface area contributed by atoms with Crippen LogP contribution in [0.3, 0.4) is 0 Å². The number of para-hydroxylation sites is 1. The Balaban J connectivity index is 1.37. The molecule has 3 aromatic rings. The van der Waals surface area contributed by atoms with Crippen LogP contribution in [-0.4, -0.2) is 72.9 Å². The summed E-state index contributed by atoms with van der Waals surface area (Å²) in [5.41, 5.74) is 1.86. The molecule has 2 aromatic carbocycles. The molecule has 5 rings (SSSR count). The van der Waals surface area contributed by atoms with Crippen LogP contribution >= 0.6 is 0 Å². The third kappa shape index (κ3) is 6.41. The standard InChI is InChI=1S/C28H34F2N6O4/c1-18-26(36(20-6-4-3-5-7-20)34-27(18)39-21-10-12-31-13-11-21)33-28(37)32-24-17-35(14-15-38-2)40-25(24)19-8-9-22(29)23(30)16-19/h3-9,16,21,24-25,31H,10-15,17H2,1-2H3,(H2,32,33,37)/t24-,25+/m1/s1. The number of carbonyl (C=O) groups is 1. The molecule has 3 N–H and O–H groups in total. The molecule has 2 atom stereocenters. The minimum atomic E-state index is -0.983. The Bertz CT molecular complexity index is 1300. The van der Waals surface area contributed by atoms with Gasteiger partial charge in [0.2, 0.25) is 5.88 Å². The number of carbonyl (C=O) groups excluding carboxylic acids is 1. The summed E-state index contributed by atoms with van der Waals surface area (Å²) in [7, 11) is 1.58. The molecule has 0 saturated carbocycles. The first-order chi connectivity index (χ1) is 19.4. The van der Waals surface area contributed by atoms with Gasteiger partial charge in [0.05, 0.1) is 23.9 Å². The lowest BCUT2D eigenvalue weighted by atomic mass is 10.0. The Labute approximate surface area is 231 Å². The number of hydrogen-bond donors (Lipinski definition) is 3. The van der Waals surface area contributed by atoms with Crippen molar-refractivity contribution in [2.45, 2.75) is 38.0 Å². The molecule has 0 radical (unpaired) electrons. The summed E-state index contributed by atoms with van der Waals surface area (Å²) in [6.45, 7) is 4.77. The molecule has 2 fully saturated rings. The van der Waals surface area contributed by atoms with E-state index in [4.69, 9.17) is 19.4 Å². The van der Waals surface area contributed by atoms with Gasteiger partial charge < -0.3 is 20.1 Å². The molecule has 10 nitrogen and oxygen atoms in total. The maximum Gasteiger partial charge on any atom is 0.320 e. The van der Waals surface area contributed by atoms with Gasteiger partial charge >= 0.3 is 6.03 Å². The van der Waals surface area contributed by atoms with Crippen LogP contribution in [0.1, 0.15) is 30.1 Å². The molecule has 0 bridgehead atoms. The van der Waals surface area contributed by atoms with Crippen LogP contribution in [-0.2, 0) is 9.57 Å². The van der Waals surface area contributed by atoms with Gasteiger partial charge in [0.1, 0.15) is 18.0 Å². The molecule has 214 valence electrons. The zero-order valence-corrected chi connectivity index (χ0v) is 22.5. The van der Waals surface area contributed by atoms with E-state index in [0.717, 1.165) is 43.8 Å². The summed E-state index contributed by atoms with van der Waals surface area (Å²) < 4.78 is 40.7. The van der Waals surface area contributed by atoms with Crippen molar-refractivity contribution >= 4 is 11.8 Å². The second-order valence-electron chi connectivity index (χ2n) is 9.88. The number of hydroxylamine groups is 2. The second kappa shape index (κ2) is 12.7. The Kier molecular flexibility index (Phi) is 8.90. The highest BCUT2D eigenvalue weighted by atomic mass is 19.2. The first kappa shape index (κ1) is 28.0. The minimum Gasteiger partial charge on any atom is -0.473 e. The highest BCUT2D eigenvalue weighted by Crippen LogP contribution is 2.32. The van der Waals surface area contributed by atoms with E-state index in [1.807, 2.05) is 37.3 Å². The number of urea groups is 1. The van der Waals surface area contributed by atoms with E-state index in [-0.39, 0.29) is 6.10 Å². The van der Waals surface area contributed by atoms with Crippen LogP contribution in [0, 0.1) is 18.6 Å². The monoisotopic (exact) mass is 556 g/mol. The number of ether oxygens (including phenoxy) is 2. The lowest BCUT2D eigenvalue weighted by Crippen LogP contribution is -2.42. The number of halogens is 2. The van der Waals surface area contributed by atoms with Crippen molar-refractivity contribution in [2.24, 2.45) is 0 Å². The average molecular weight is 557 g/mol. The Hall–Kier alpha value is -3.58. The Morgan fingerprint density at radius 2 is 1.93 bits per heavy atom. The highest BCUT2D eigenvalue weighted by molar-refractivity contribution is 5.90. The molecule has 2 aliphatic heterocycles. The Morgan fingerprint density at radius 1 is 1.15 bits per heavy atom. The number of piperidine rings is 1. The van der Waals surface area contributed by atoms with Gasteiger partial charge in [-0.15, -0.1) is 5.10 Å². The molecule has 2 aliphatic rings. The van der Waals surface area contributed by atoms with Crippen LogP contribution in [0.25, 0.3) is 5.69 Å². The molecule has 0 spiro atoms. The number of nitrogens with one attached hydrogen (secondary N) is 3. The van der Waals surface area contributed by atoms with E-state index in [1.54, 1.807) is 16.9 Å². The van der Waals surface area contributed by atoms with Crippen molar-refractivity contribution in [1.29, 1.82) is 0 Å². The van der Waals surface area contributed by atoms with Crippen LogP contribution in [0.2, 0.25) is 0 Å². The number of aromatic nitrogens is 2. The van der Waals surface area contributed by atoms with Gasteiger partial charge in [-0.25, -0.2) is 18.3 Å².